The normalized spacial score (nSPS) is 11.3. The number of carbonyl (C=O) groups is 1. The lowest BCUT2D eigenvalue weighted by atomic mass is 10.2. The summed E-state index contributed by atoms with van der Waals surface area (Å²) in [4.78, 5) is 16.0. The number of nitrogens with zero attached hydrogens (tertiary/aromatic N) is 3. The standard InChI is InChI=1S/C16H23N5O2/c1-16(2,3)23-15(22)20-14-13(11-19-21(14)4)10-18-9-12-6-5-7-17-8-12/h5-8,11,18H,9-10H2,1-4H3,(H,20,22). The van der Waals surface area contributed by atoms with Gasteiger partial charge in [0.2, 0.25) is 0 Å². The highest BCUT2D eigenvalue weighted by atomic mass is 16.6. The molecule has 0 radical (unpaired) electrons. The summed E-state index contributed by atoms with van der Waals surface area (Å²) in [5, 5.41) is 10.2. The third kappa shape index (κ3) is 5.37. The van der Waals surface area contributed by atoms with Crippen molar-refractivity contribution >= 4 is 11.9 Å². The fourth-order valence-corrected chi connectivity index (χ4v) is 2.02. The second kappa shape index (κ2) is 7.23. The van der Waals surface area contributed by atoms with Gasteiger partial charge in [0.25, 0.3) is 0 Å². The van der Waals surface area contributed by atoms with Crippen LogP contribution in [0.1, 0.15) is 31.9 Å². The van der Waals surface area contributed by atoms with Crippen molar-refractivity contribution in [3.05, 3.63) is 41.9 Å². The molecule has 0 bridgehead atoms. The van der Waals surface area contributed by atoms with Gasteiger partial charge >= 0.3 is 6.09 Å². The quantitative estimate of drug-likeness (QED) is 0.885. The average Bonchev–Trinajstić information content (AvgIpc) is 2.79. The van der Waals surface area contributed by atoms with Gasteiger partial charge in [0, 0.05) is 38.1 Å². The smallest absolute Gasteiger partial charge is 0.413 e. The summed E-state index contributed by atoms with van der Waals surface area (Å²) in [6, 6.07) is 3.90. The molecule has 0 unspecified atom stereocenters. The van der Waals surface area contributed by atoms with Crippen molar-refractivity contribution in [2.45, 2.75) is 39.5 Å². The molecule has 0 aromatic carbocycles. The van der Waals surface area contributed by atoms with Crippen LogP contribution >= 0.6 is 0 Å². The molecular formula is C16H23N5O2. The molecule has 0 spiro atoms. The Bertz CT molecular complexity index is 646. The van der Waals surface area contributed by atoms with Gasteiger partial charge in [-0.05, 0) is 32.4 Å². The lowest BCUT2D eigenvalue weighted by Gasteiger charge is -2.20. The molecule has 23 heavy (non-hydrogen) atoms. The third-order valence-corrected chi connectivity index (χ3v) is 3.00. The first-order valence-electron chi connectivity index (χ1n) is 7.45. The fraction of sp³-hybridized carbons (Fsp3) is 0.438. The molecule has 2 heterocycles. The van der Waals surface area contributed by atoms with E-state index in [1.165, 1.54) is 0 Å². The molecule has 7 nitrogen and oxygen atoms in total. The minimum absolute atomic E-state index is 0.491. The highest BCUT2D eigenvalue weighted by Gasteiger charge is 2.18. The number of rotatable bonds is 5. The predicted molar refractivity (Wildman–Crippen MR) is 87.8 cm³/mol. The molecule has 7 heteroatoms. The molecule has 0 aliphatic rings. The van der Waals surface area contributed by atoms with E-state index < -0.39 is 11.7 Å². The Kier molecular flexibility index (Phi) is 5.33. The molecule has 124 valence electrons. The van der Waals surface area contributed by atoms with Gasteiger partial charge < -0.3 is 10.1 Å². The van der Waals surface area contributed by atoms with Crippen molar-refractivity contribution in [3.8, 4) is 0 Å². The number of nitrogens with one attached hydrogen (secondary N) is 2. The lowest BCUT2D eigenvalue weighted by Crippen LogP contribution is -2.28. The highest BCUT2D eigenvalue weighted by molar-refractivity contribution is 5.84. The zero-order valence-corrected chi connectivity index (χ0v) is 14.0. The molecule has 0 fully saturated rings. The lowest BCUT2D eigenvalue weighted by molar-refractivity contribution is 0.0634. The van der Waals surface area contributed by atoms with Crippen LogP contribution in [0.5, 0.6) is 0 Å². The second-order valence-corrected chi connectivity index (χ2v) is 6.23. The Morgan fingerprint density at radius 3 is 2.74 bits per heavy atom. The van der Waals surface area contributed by atoms with Crippen LogP contribution in [0, 0.1) is 0 Å². The monoisotopic (exact) mass is 317 g/mol. The maximum absolute atomic E-state index is 11.9. The zero-order chi connectivity index (χ0) is 16.9. The number of pyridine rings is 1. The Morgan fingerprint density at radius 2 is 2.09 bits per heavy atom. The largest absolute Gasteiger partial charge is 0.444 e. The average molecular weight is 317 g/mol. The van der Waals surface area contributed by atoms with Crippen molar-refractivity contribution in [3.63, 3.8) is 0 Å². The molecule has 1 amide bonds. The van der Waals surface area contributed by atoms with Gasteiger partial charge in [-0.3, -0.25) is 15.0 Å². The number of hydrogen-bond acceptors (Lipinski definition) is 5. The zero-order valence-electron chi connectivity index (χ0n) is 14.0. The second-order valence-electron chi connectivity index (χ2n) is 6.23. The summed E-state index contributed by atoms with van der Waals surface area (Å²) in [6.45, 7) is 6.74. The Balaban J connectivity index is 1.94. The van der Waals surface area contributed by atoms with Gasteiger partial charge in [0.15, 0.2) is 0 Å². The number of carbonyl (C=O) groups excluding carboxylic acids is 1. The third-order valence-electron chi connectivity index (χ3n) is 3.00. The molecule has 0 atom stereocenters. The Labute approximate surface area is 136 Å². The first-order valence-corrected chi connectivity index (χ1v) is 7.45. The number of ether oxygens (including phenoxy) is 1. The maximum Gasteiger partial charge on any atom is 0.413 e. The van der Waals surface area contributed by atoms with Crippen LogP contribution < -0.4 is 10.6 Å². The molecule has 0 aliphatic carbocycles. The van der Waals surface area contributed by atoms with E-state index in [1.807, 2.05) is 39.1 Å². The SMILES string of the molecule is Cn1ncc(CNCc2cccnc2)c1NC(=O)OC(C)(C)C. The van der Waals surface area contributed by atoms with Crippen LogP contribution in [0.3, 0.4) is 0 Å². The highest BCUT2D eigenvalue weighted by Crippen LogP contribution is 2.16. The van der Waals surface area contributed by atoms with Crippen LogP contribution in [0.15, 0.2) is 30.7 Å². The number of amides is 1. The van der Waals surface area contributed by atoms with Gasteiger partial charge in [-0.15, -0.1) is 0 Å². The predicted octanol–water partition coefficient (Wildman–Crippen LogP) is 2.45. The number of anilines is 1. The van der Waals surface area contributed by atoms with Crippen molar-refractivity contribution in [1.82, 2.24) is 20.1 Å². The minimum atomic E-state index is -0.540. The van der Waals surface area contributed by atoms with Crippen LogP contribution in [-0.2, 0) is 24.9 Å². The Hall–Kier alpha value is -2.41. The number of hydrogen-bond donors (Lipinski definition) is 2. The van der Waals surface area contributed by atoms with E-state index in [0.29, 0.717) is 18.9 Å². The fourth-order valence-electron chi connectivity index (χ4n) is 2.02. The molecule has 2 aromatic rings. The molecule has 0 aliphatic heterocycles. The van der Waals surface area contributed by atoms with E-state index in [0.717, 1.165) is 11.1 Å². The molecular weight excluding hydrogens is 294 g/mol. The number of aromatic nitrogens is 3. The van der Waals surface area contributed by atoms with Crippen molar-refractivity contribution in [1.29, 1.82) is 0 Å². The summed E-state index contributed by atoms with van der Waals surface area (Å²) >= 11 is 0. The van der Waals surface area contributed by atoms with E-state index in [-0.39, 0.29) is 0 Å². The first-order chi connectivity index (χ1) is 10.8. The maximum atomic E-state index is 11.9. The van der Waals surface area contributed by atoms with Crippen molar-refractivity contribution < 1.29 is 9.53 Å². The summed E-state index contributed by atoms with van der Waals surface area (Å²) < 4.78 is 6.89. The van der Waals surface area contributed by atoms with Crippen LogP contribution in [0.25, 0.3) is 0 Å². The molecule has 2 rings (SSSR count). The van der Waals surface area contributed by atoms with Crippen molar-refractivity contribution in [2.24, 2.45) is 7.05 Å². The van der Waals surface area contributed by atoms with E-state index in [2.05, 4.69) is 20.7 Å². The molecule has 0 saturated carbocycles. The van der Waals surface area contributed by atoms with E-state index in [4.69, 9.17) is 4.74 Å². The van der Waals surface area contributed by atoms with Crippen molar-refractivity contribution in [2.75, 3.05) is 5.32 Å². The topological polar surface area (TPSA) is 81.1 Å². The van der Waals surface area contributed by atoms with Gasteiger partial charge in [0.1, 0.15) is 11.4 Å². The van der Waals surface area contributed by atoms with Gasteiger partial charge in [-0.1, -0.05) is 6.07 Å². The van der Waals surface area contributed by atoms with Crippen LogP contribution in [0.2, 0.25) is 0 Å². The molecule has 2 aromatic heterocycles. The minimum Gasteiger partial charge on any atom is -0.444 e. The molecule has 2 N–H and O–H groups in total. The van der Waals surface area contributed by atoms with E-state index >= 15 is 0 Å². The van der Waals surface area contributed by atoms with E-state index in [1.54, 1.807) is 24.1 Å². The van der Waals surface area contributed by atoms with Gasteiger partial charge in [-0.2, -0.15) is 5.10 Å². The number of aryl methyl sites for hydroxylation is 1. The first kappa shape index (κ1) is 17.0. The summed E-state index contributed by atoms with van der Waals surface area (Å²) in [5.74, 6) is 0.623. The summed E-state index contributed by atoms with van der Waals surface area (Å²) in [7, 11) is 1.78. The van der Waals surface area contributed by atoms with Gasteiger partial charge in [0.05, 0.1) is 6.20 Å². The van der Waals surface area contributed by atoms with E-state index in [9.17, 15) is 4.79 Å². The van der Waals surface area contributed by atoms with Crippen LogP contribution in [-0.4, -0.2) is 26.5 Å². The van der Waals surface area contributed by atoms with Crippen LogP contribution in [0.4, 0.5) is 10.6 Å². The van der Waals surface area contributed by atoms with Gasteiger partial charge in [-0.25, -0.2) is 4.79 Å². The Morgan fingerprint density at radius 1 is 1.30 bits per heavy atom. The molecule has 0 saturated heterocycles. The summed E-state index contributed by atoms with van der Waals surface area (Å²) in [6.07, 6.45) is 4.79. The summed E-state index contributed by atoms with van der Waals surface area (Å²) in [5.41, 5.74) is 1.45.